The van der Waals surface area contributed by atoms with Crippen molar-refractivity contribution in [3.8, 4) is 11.5 Å². The zero-order valence-electron chi connectivity index (χ0n) is 17.1. The normalized spacial score (nSPS) is 10.7. The minimum atomic E-state index is -0.427. The van der Waals surface area contributed by atoms with E-state index in [0.29, 0.717) is 23.5 Å². The van der Waals surface area contributed by atoms with Gasteiger partial charge in [-0.2, -0.15) is 0 Å². The molecule has 0 fully saturated rings. The molecule has 156 valence electrons. The number of carbonyl (C=O) groups excluding carboxylic acids is 2. The van der Waals surface area contributed by atoms with E-state index in [9.17, 15) is 9.59 Å². The molecule has 0 saturated heterocycles. The van der Waals surface area contributed by atoms with Crippen LogP contribution in [0, 0.1) is 0 Å². The Labute approximate surface area is 176 Å². The maximum atomic E-state index is 12.4. The number of hydrogen-bond donors (Lipinski definition) is 0. The summed E-state index contributed by atoms with van der Waals surface area (Å²) in [6, 6.07) is 17.7. The largest absolute Gasteiger partial charge is 0.494 e. The van der Waals surface area contributed by atoms with Crippen molar-refractivity contribution in [3.05, 3.63) is 71.8 Å². The Morgan fingerprint density at radius 2 is 1.47 bits per heavy atom. The van der Waals surface area contributed by atoms with Crippen LogP contribution in [0.25, 0.3) is 10.8 Å². The van der Waals surface area contributed by atoms with E-state index in [1.54, 1.807) is 55.6 Å². The molecule has 0 aliphatic carbocycles. The van der Waals surface area contributed by atoms with E-state index in [4.69, 9.17) is 14.2 Å². The third-order valence-corrected chi connectivity index (χ3v) is 4.78. The Balaban J connectivity index is 1.50. The smallest absolute Gasteiger partial charge is 0.343 e. The van der Waals surface area contributed by atoms with Crippen LogP contribution in [-0.2, 0) is 4.74 Å². The third kappa shape index (κ3) is 6.16. The first-order chi connectivity index (χ1) is 14.7. The van der Waals surface area contributed by atoms with Gasteiger partial charge < -0.3 is 14.2 Å². The van der Waals surface area contributed by atoms with Crippen LogP contribution < -0.4 is 9.47 Å². The van der Waals surface area contributed by atoms with Crippen LogP contribution in [0.5, 0.6) is 11.5 Å². The van der Waals surface area contributed by atoms with Crippen molar-refractivity contribution >= 4 is 23.0 Å². The van der Waals surface area contributed by atoms with Crippen molar-refractivity contribution in [2.24, 2.45) is 0 Å². The summed E-state index contributed by atoms with van der Waals surface area (Å²) in [5.74, 6) is 0.767. The zero-order valence-corrected chi connectivity index (χ0v) is 17.1. The summed E-state index contributed by atoms with van der Waals surface area (Å²) < 4.78 is 16.2. The van der Waals surface area contributed by atoms with Gasteiger partial charge in [-0.05, 0) is 72.5 Å². The molecule has 0 saturated carbocycles. The van der Waals surface area contributed by atoms with Crippen LogP contribution in [0.4, 0.5) is 0 Å². The fourth-order valence-electron chi connectivity index (χ4n) is 3.12. The summed E-state index contributed by atoms with van der Waals surface area (Å²) >= 11 is 0. The van der Waals surface area contributed by atoms with Gasteiger partial charge in [-0.15, -0.1) is 0 Å². The van der Waals surface area contributed by atoms with Crippen LogP contribution in [-0.4, -0.2) is 32.6 Å². The Morgan fingerprint density at radius 1 is 0.800 bits per heavy atom. The Hall–Kier alpha value is -3.18. The van der Waals surface area contributed by atoms with Gasteiger partial charge in [-0.25, -0.2) is 4.79 Å². The van der Waals surface area contributed by atoms with Crippen LogP contribution >= 0.6 is 0 Å². The van der Waals surface area contributed by atoms with Crippen molar-refractivity contribution in [1.29, 1.82) is 0 Å². The standard InChI is InChI=1S/C25H26O5/c1-28-14-4-2-3-5-15-29-23-11-8-20(9-12-23)25(27)30-24-13-10-21-16-19(18-26)6-7-22(21)17-24/h6-13,16-18H,2-5,14-15H2,1H3. The summed E-state index contributed by atoms with van der Waals surface area (Å²) in [5, 5.41) is 1.82. The van der Waals surface area contributed by atoms with Crippen LogP contribution in [0.3, 0.4) is 0 Å². The number of fused-ring (bicyclic) bond motifs is 1. The minimum absolute atomic E-state index is 0.427. The summed E-state index contributed by atoms with van der Waals surface area (Å²) in [5.41, 5.74) is 1.07. The van der Waals surface area contributed by atoms with Crippen LogP contribution in [0.1, 0.15) is 46.4 Å². The van der Waals surface area contributed by atoms with Gasteiger partial charge in [-0.3, -0.25) is 4.79 Å². The van der Waals surface area contributed by atoms with Gasteiger partial charge in [0.2, 0.25) is 0 Å². The van der Waals surface area contributed by atoms with Gasteiger partial charge in [0.15, 0.2) is 0 Å². The van der Waals surface area contributed by atoms with Crippen LogP contribution in [0.15, 0.2) is 60.7 Å². The maximum Gasteiger partial charge on any atom is 0.343 e. The highest BCUT2D eigenvalue weighted by Gasteiger charge is 2.09. The second kappa shape index (κ2) is 11.1. The predicted octanol–water partition coefficient (Wildman–Crippen LogP) is 5.46. The van der Waals surface area contributed by atoms with E-state index in [0.717, 1.165) is 55.1 Å². The van der Waals surface area contributed by atoms with E-state index >= 15 is 0 Å². The van der Waals surface area contributed by atoms with Crippen molar-refractivity contribution in [3.63, 3.8) is 0 Å². The lowest BCUT2D eigenvalue weighted by Crippen LogP contribution is -2.08. The average molecular weight is 406 g/mol. The summed E-state index contributed by atoms with van der Waals surface area (Å²) in [6.07, 6.45) is 5.11. The molecule has 0 bridgehead atoms. The number of unbranched alkanes of at least 4 members (excludes halogenated alkanes) is 3. The van der Waals surface area contributed by atoms with Gasteiger partial charge >= 0.3 is 5.97 Å². The Kier molecular flexibility index (Phi) is 7.98. The molecule has 0 aliphatic rings. The number of esters is 1. The molecule has 0 radical (unpaired) electrons. The van der Waals surface area contributed by atoms with Gasteiger partial charge in [0.1, 0.15) is 17.8 Å². The SMILES string of the molecule is COCCCCCCOc1ccc(C(=O)Oc2ccc3cc(C=O)ccc3c2)cc1. The number of ether oxygens (including phenoxy) is 3. The maximum absolute atomic E-state index is 12.4. The van der Waals surface area contributed by atoms with Gasteiger partial charge in [0.25, 0.3) is 0 Å². The first kappa shape index (κ1) is 21.5. The molecule has 5 heteroatoms. The molecule has 0 N–H and O–H groups in total. The summed E-state index contributed by atoms with van der Waals surface area (Å²) in [6.45, 7) is 1.46. The van der Waals surface area contributed by atoms with E-state index in [1.165, 1.54) is 0 Å². The fourth-order valence-corrected chi connectivity index (χ4v) is 3.12. The lowest BCUT2D eigenvalue weighted by Gasteiger charge is -2.08. The second-order valence-corrected chi connectivity index (χ2v) is 7.06. The van der Waals surface area contributed by atoms with Crippen molar-refractivity contribution in [2.75, 3.05) is 20.3 Å². The van der Waals surface area contributed by atoms with E-state index in [2.05, 4.69) is 0 Å². The van der Waals surface area contributed by atoms with Crippen molar-refractivity contribution in [1.82, 2.24) is 0 Å². The number of benzene rings is 3. The molecule has 5 nitrogen and oxygen atoms in total. The molecular formula is C25H26O5. The molecule has 0 heterocycles. The lowest BCUT2D eigenvalue weighted by molar-refractivity contribution is 0.0735. The molecule has 0 unspecified atom stereocenters. The topological polar surface area (TPSA) is 61.8 Å². The molecule has 3 aromatic carbocycles. The number of aldehydes is 1. The number of hydrogen-bond acceptors (Lipinski definition) is 5. The Morgan fingerprint density at radius 3 is 2.20 bits per heavy atom. The zero-order chi connectivity index (χ0) is 21.2. The highest BCUT2D eigenvalue weighted by atomic mass is 16.5. The molecule has 30 heavy (non-hydrogen) atoms. The number of rotatable bonds is 11. The first-order valence-electron chi connectivity index (χ1n) is 10.1. The lowest BCUT2D eigenvalue weighted by atomic mass is 10.1. The average Bonchev–Trinajstić information content (AvgIpc) is 2.78. The van der Waals surface area contributed by atoms with Crippen molar-refractivity contribution in [2.45, 2.75) is 25.7 Å². The molecule has 0 atom stereocenters. The highest BCUT2D eigenvalue weighted by Crippen LogP contribution is 2.23. The van der Waals surface area contributed by atoms with E-state index in [1.807, 2.05) is 12.1 Å². The molecule has 0 aromatic heterocycles. The number of methoxy groups -OCH3 is 1. The van der Waals surface area contributed by atoms with Crippen molar-refractivity contribution < 1.29 is 23.8 Å². The Bertz CT molecular complexity index is 979. The minimum Gasteiger partial charge on any atom is -0.494 e. The van der Waals surface area contributed by atoms with E-state index < -0.39 is 5.97 Å². The summed E-state index contributed by atoms with van der Waals surface area (Å²) in [7, 11) is 1.72. The summed E-state index contributed by atoms with van der Waals surface area (Å²) in [4.78, 5) is 23.3. The van der Waals surface area contributed by atoms with Gasteiger partial charge in [0, 0.05) is 19.3 Å². The van der Waals surface area contributed by atoms with Gasteiger partial charge in [0.05, 0.1) is 12.2 Å². The molecule has 0 spiro atoms. The quantitative estimate of drug-likeness (QED) is 0.183. The monoisotopic (exact) mass is 406 g/mol. The highest BCUT2D eigenvalue weighted by molar-refractivity contribution is 5.93. The first-order valence-corrected chi connectivity index (χ1v) is 10.1. The predicted molar refractivity (Wildman–Crippen MR) is 117 cm³/mol. The van der Waals surface area contributed by atoms with Crippen LogP contribution in [0.2, 0.25) is 0 Å². The molecule has 0 aliphatic heterocycles. The molecule has 3 aromatic rings. The van der Waals surface area contributed by atoms with Gasteiger partial charge in [-0.1, -0.05) is 24.6 Å². The molecule has 3 rings (SSSR count). The fraction of sp³-hybridized carbons (Fsp3) is 0.280. The van der Waals surface area contributed by atoms with E-state index in [-0.39, 0.29) is 0 Å². The molecule has 0 amide bonds. The molecular weight excluding hydrogens is 380 g/mol. The third-order valence-electron chi connectivity index (χ3n) is 4.78. The number of carbonyl (C=O) groups is 2. The second-order valence-electron chi connectivity index (χ2n) is 7.06.